The molecule has 1 N–H and O–H groups in total. The zero-order valence-corrected chi connectivity index (χ0v) is 11.7. The van der Waals surface area contributed by atoms with E-state index < -0.39 is 5.97 Å². The van der Waals surface area contributed by atoms with Gasteiger partial charge in [0.15, 0.2) is 0 Å². The highest BCUT2D eigenvalue weighted by Gasteiger charge is 2.16. The number of aromatic carboxylic acids is 1. The van der Waals surface area contributed by atoms with Crippen LogP contribution in [0.25, 0.3) is 11.0 Å². The van der Waals surface area contributed by atoms with Crippen molar-refractivity contribution in [3.8, 4) is 0 Å². The number of nitrogens with zero attached hydrogens (tertiary/aromatic N) is 3. The Hall–Kier alpha value is -2.69. The highest BCUT2D eigenvalue weighted by molar-refractivity contribution is 6.01. The van der Waals surface area contributed by atoms with Crippen LogP contribution < -0.4 is 0 Å². The van der Waals surface area contributed by atoms with Gasteiger partial charge in [0.2, 0.25) is 0 Å². The van der Waals surface area contributed by atoms with Crippen LogP contribution in [0.5, 0.6) is 0 Å². The molecule has 2 heterocycles. The number of rotatable bonds is 4. The summed E-state index contributed by atoms with van der Waals surface area (Å²) in [4.78, 5) is 20.0. The van der Waals surface area contributed by atoms with Crippen LogP contribution in [0.3, 0.4) is 0 Å². The van der Waals surface area contributed by atoms with Crippen LogP contribution in [0.15, 0.2) is 42.7 Å². The molecule has 0 aliphatic carbocycles. The number of carboxylic acids is 1. The van der Waals surface area contributed by atoms with E-state index >= 15 is 0 Å². The third kappa shape index (κ3) is 2.38. The van der Waals surface area contributed by atoms with Crippen molar-refractivity contribution in [1.82, 2.24) is 14.5 Å². The van der Waals surface area contributed by atoms with E-state index in [2.05, 4.69) is 14.5 Å². The lowest BCUT2D eigenvalue weighted by Crippen LogP contribution is -2.04. The maximum Gasteiger partial charge on any atom is 0.337 e. The Kier molecular flexibility index (Phi) is 3.39. The van der Waals surface area contributed by atoms with Gasteiger partial charge in [0.25, 0.3) is 0 Å². The number of aromatic nitrogens is 3. The quantitative estimate of drug-likeness (QED) is 0.798. The normalized spacial score (nSPS) is 10.9. The van der Waals surface area contributed by atoms with Crippen LogP contribution in [0, 0.1) is 0 Å². The van der Waals surface area contributed by atoms with E-state index in [4.69, 9.17) is 0 Å². The van der Waals surface area contributed by atoms with Gasteiger partial charge in [-0.2, -0.15) is 0 Å². The highest BCUT2D eigenvalue weighted by atomic mass is 16.4. The lowest BCUT2D eigenvalue weighted by Gasteiger charge is -2.08. The fraction of sp³-hybridized carbons (Fsp3) is 0.188. The zero-order valence-electron chi connectivity index (χ0n) is 11.7. The molecule has 0 spiro atoms. The van der Waals surface area contributed by atoms with Crippen LogP contribution in [-0.4, -0.2) is 25.6 Å². The van der Waals surface area contributed by atoms with E-state index in [1.165, 1.54) is 0 Å². The molecule has 3 rings (SSSR count). The smallest absolute Gasteiger partial charge is 0.337 e. The molecule has 5 heteroatoms. The Morgan fingerprint density at radius 2 is 2.14 bits per heavy atom. The number of fused-ring (bicyclic) bond motifs is 1. The monoisotopic (exact) mass is 281 g/mol. The number of benzene rings is 1. The molecule has 2 aromatic heterocycles. The van der Waals surface area contributed by atoms with E-state index in [1.54, 1.807) is 18.3 Å². The fourth-order valence-corrected chi connectivity index (χ4v) is 2.49. The lowest BCUT2D eigenvalue weighted by atomic mass is 10.2. The van der Waals surface area contributed by atoms with Crippen molar-refractivity contribution >= 4 is 17.0 Å². The van der Waals surface area contributed by atoms with E-state index in [9.17, 15) is 9.90 Å². The van der Waals surface area contributed by atoms with E-state index in [-0.39, 0.29) is 5.56 Å². The summed E-state index contributed by atoms with van der Waals surface area (Å²) in [6.07, 6.45) is 4.29. The number of pyridine rings is 1. The van der Waals surface area contributed by atoms with Crippen LogP contribution in [0.4, 0.5) is 0 Å². The Bertz CT molecular complexity index is 794. The Morgan fingerprint density at radius 1 is 1.29 bits per heavy atom. The largest absolute Gasteiger partial charge is 0.478 e. The molecule has 21 heavy (non-hydrogen) atoms. The Labute approximate surface area is 121 Å². The van der Waals surface area contributed by atoms with Crippen molar-refractivity contribution in [2.75, 3.05) is 0 Å². The fourth-order valence-electron chi connectivity index (χ4n) is 2.49. The molecule has 0 fully saturated rings. The van der Waals surface area contributed by atoms with Crippen molar-refractivity contribution in [3.05, 3.63) is 59.7 Å². The molecule has 0 saturated heterocycles. The molecule has 0 amide bonds. The molecule has 3 aromatic rings. The number of imidazole rings is 1. The van der Waals surface area contributed by atoms with Crippen molar-refractivity contribution in [2.45, 2.75) is 19.9 Å². The summed E-state index contributed by atoms with van der Waals surface area (Å²) in [5.41, 5.74) is 2.70. The number of hydrogen-bond donors (Lipinski definition) is 1. The topological polar surface area (TPSA) is 68.0 Å². The first-order chi connectivity index (χ1) is 10.2. The molecular weight excluding hydrogens is 266 g/mol. The first-order valence-electron chi connectivity index (χ1n) is 6.81. The summed E-state index contributed by atoms with van der Waals surface area (Å²) in [6, 6.07) is 9.14. The van der Waals surface area contributed by atoms with Gasteiger partial charge in [0, 0.05) is 18.8 Å². The third-order valence-corrected chi connectivity index (χ3v) is 3.47. The molecule has 0 atom stereocenters. The average molecular weight is 281 g/mol. The van der Waals surface area contributed by atoms with Gasteiger partial charge in [-0.3, -0.25) is 4.98 Å². The minimum absolute atomic E-state index is 0.243. The maximum absolute atomic E-state index is 11.3. The second-order valence-electron chi connectivity index (χ2n) is 4.81. The SMILES string of the molecule is CCc1nc2c(C(=O)O)cccc2n1Cc1cccnc1. The van der Waals surface area contributed by atoms with Crippen molar-refractivity contribution in [3.63, 3.8) is 0 Å². The standard InChI is InChI=1S/C16H15N3O2/c1-2-14-18-15-12(16(20)21)6-3-7-13(15)19(14)10-11-5-4-8-17-9-11/h3-9H,2,10H2,1H3,(H,20,21). The van der Waals surface area contributed by atoms with Crippen LogP contribution in [0.2, 0.25) is 0 Å². The minimum atomic E-state index is -0.950. The average Bonchev–Trinajstić information content (AvgIpc) is 2.86. The van der Waals surface area contributed by atoms with Gasteiger partial charge in [-0.15, -0.1) is 0 Å². The van der Waals surface area contributed by atoms with Gasteiger partial charge in [-0.05, 0) is 23.8 Å². The molecule has 0 saturated carbocycles. The minimum Gasteiger partial charge on any atom is -0.478 e. The molecular formula is C16H15N3O2. The third-order valence-electron chi connectivity index (χ3n) is 3.47. The predicted octanol–water partition coefficient (Wildman–Crippen LogP) is 2.74. The molecule has 1 aromatic carbocycles. The number of carboxylic acid groups (broad SMARTS) is 1. The predicted molar refractivity (Wildman–Crippen MR) is 79.4 cm³/mol. The second kappa shape index (κ2) is 5.36. The maximum atomic E-state index is 11.3. The van der Waals surface area contributed by atoms with Gasteiger partial charge in [0.05, 0.1) is 17.6 Å². The van der Waals surface area contributed by atoms with Gasteiger partial charge in [-0.1, -0.05) is 19.1 Å². The first kappa shape index (κ1) is 13.3. The summed E-state index contributed by atoms with van der Waals surface area (Å²) >= 11 is 0. The second-order valence-corrected chi connectivity index (χ2v) is 4.81. The van der Waals surface area contributed by atoms with Gasteiger partial charge in [-0.25, -0.2) is 9.78 Å². The summed E-state index contributed by atoms with van der Waals surface area (Å²) in [6.45, 7) is 2.65. The van der Waals surface area contributed by atoms with E-state index in [0.717, 1.165) is 23.3 Å². The highest BCUT2D eigenvalue weighted by Crippen LogP contribution is 2.22. The zero-order chi connectivity index (χ0) is 14.8. The summed E-state index contributed by atoms with van der Waals surface area (Å²) < 4.78 is 2.05. The Balaban J connectivity index is 2.17. The number of carbonyl (C=O) groups is 1. The van der Waals surface area contributed by atoms with Crippen molar-refractivity contribution in [2.24, 2.45) is 0 Å². The van der Waals surface area contributed by atoms with Gasteiger partial charge >= 0.3 is 5.97 Å². The van der Waals surface area contributed by atoms with E-state index in [1.807, 2.05) is 31.3 Å². The van der Waals surface area contributed by atoms with Crippen molar-refractivity contribution < 1.29 is 9.90 Å². The molecule has 0 unspecified atom stereocenters. The number of para-hydroxylation sites is 1. The number of hydrogen-bond acceptors (Lipinski definition) is 3. The lowest BCUT2D eigenvalue weighted by molar-refractivity contribution is 0.0699. The van der Waals surface area contributed by atoms with Crippen molar-refractivity contribution in [1.29, 1.82) is 0 Å². The van der Waals surface area contributed by atoms with Gasteiger partial charge < -0.3 is 9.67 Å². The summed E-state index contributed by atoms with van der Waals surface area (Å²) in [7, 11) is 0. The molecule has 0 radical (unpaired) electrons. The summed E-state index contributed by atoms with van der Waals surface area (Å²) in [5.74, 6) is -0.0724. The van der Waals surface area contributed by atoms with Crippen LogP contribution in [-0.2, 0) is 13.0 Å². The summed E-state index contributed by atoms with van der Waals surface area (Å²) in [5, 5.41) is 9.29. The first-order valence-corrected chi connectivity index (χ1v) is 6.81. The Morgan fingerprint density at radius 3 is 2.81 bits per heavy atom. The van der Waals surface area contributed by atoms with E-state index in [0.29, 0.717) is 12.1 Å². The van der Waals surface area contributed by atoms with Crippen LogP contribution in [0.1, 0.15) is 28.7 Å². The molecule has 0 aliphatic heterocycles. The molecule has 0 bridgehead atoms. The molecule has 0 aliphatic rings. The molecule has 5 nitrogen and oxygen atoms in total. The van der Waals surface area contributed by atoms with Gasteiger partial charge in [0.1, 0.15) is 11.3 Å². The number of aryl methyl sites for hydroxylation is 1. The molecule has 106 valence electrons. The van der Waals surface area contributed by atoms with Crippen LogP contribution >= 0.6 is 0 Å².